The smallest absolute Gasteiger partial charge is 0.270 e. The van der Waals surface area contributed by atoms with Gasteiger partial charge in [0.15, 0.2) is 5.82 Å². The summed E-state index contributed by atoms with van der Waals surface area (Å²) in [6.07, 6.45) is 4.80. The molecule has 1 amide bonds. The molecule has 0 saturated carbocycles. The van der Waals surface area contributed by atoms with E-state index in [4.69, 9.17) is 0 Å². The van der Waals surface area contributed by atoms with E-state index >= 15 is 0 Å². The first-order chi connectivity index (χ1) is 14.7. The Bertz CT molecular complexity index is 1200. The lowest BCUT2D eigenvalue weighted by Gasteiger charge is -2.23. The van der Waals surface area contributed by atoms with Crippen molar-refractivity contribution in [2.45, 2.75) is 32.4 Å². The van der Waals surface area contributed by atoms with Crippen LogP contribution in [-0.2, 0) is 13.0 Å². The van der Waals surface area contributed by atoms with Crippen molar-refractivity contribution < 1.29 is 4.79 Å². The molecular weight excluding hydrogens is 378 g/mol. The summed E-state index contributed by atoms with van der Waals surface area (Å²) in [4.78, 5) is 22.0. The number of nitrogens with zero attached hydrogens (tertiary/aromatic N) is 5. The molecule has 2 N–H and O–H groups in total. The van der Waals surface area contributed by atoms with Gasteiger partial charge in [0.05, 0.1) is 17.5 Å². The van der Waals surface area contributed by atoms with Gasteiger partial charge in [0.1, 0.15) is 11.5 Å². The van der Waals surface area contributed by atoms with Gasteiger partial charge in [0.25, 0.3) is 5.91 Å². The highest BCUT2D eigenvalue weighted by atomic mass is 16.2. The number of rotatable bonds is 4. The fourth-order valence-corrected chi connectivity index (χ4v) is 3.73. The molecule has 4 heterocycles. The zero-order valence-electron chi connectivity index (χ0n) is 16.5. The van der Waals surface area contributed by atoms with Gasteiger partial charge in [-0.05, 0) is 31.0 Å². The molecule has 0 aliphatic carbocycles. The van der Waals surface area contributed by atoms with Crippen LogP contribution in [0, 0.1) is 6.92 Å². The Hall–Kier alpha value is -3.81. The van der Waals surface area contributed by atoms with E-state index in [9.17, 15) is 4.79 Å². The average molecular weight is 399 g/mol. The normalized spacial score (nSPS) is 15.6. The number of nitrogens with one attached hydrogen (secondary N) is 2. The zero-order chi connectivity index (χ0) is 20.5. The van der Waals surface area contributed by atoms with E-state index in [0.29, 0.717) is 17.7 Å². The lowest BCUT2D eigenvalue weighted by atomic mass is 10.1. The van der Waals surface area contributed by atoms with Crippen LogP contribution in [0.1, 0.15) is 28.3 Å². The number of amides is 1. The van der Waals surface area contributed by atoms with Crippen LogP contribution < -0.4 is 5.32 Å². The highest BCUT2D eigenvalue weighted by Crippen LogP contribution is 2.22. The Labute approximate surface area is 173 Å². The number of aryl methyl sites for hydroxylation is 2. The van der Waals surface area contributed by atoms with E-state index in [0.717, 1.165) is 41.4 Å². The van der Waals surface area contributed by atoms with E-state index in [-0.39, 0.29) is 11.9 Å². The molecule has 3 aromatic heterocycles. The Morgan fingerprint density at radius 3 is 2.93 bits per heavy atom. The van der Waals surface area contributed by atoms with Crippen LogP contribution in [0.5, 0.6) is 0 Å². The van der Waals surface area contributed by atoms with Gasteiger partial charge < -0.3 is 5.32 Å². The molecule has 1 aliphatic heterocycles. The first-order valence-electron chi connectivity index (χ1n) is 9.94. The van der Waals surface area contributed by atoms with E-state index in [1.165, 1.54) is 0 Å². The van der Waals surface area contributed by atoms with E-state index in [1.54, 1.807) is 12.4 Å². The fourth-order valence-electron chi connectivity index (χ4n) is 3.73. The van der Waals surface area contributed by atoms with Crippen LogP contribution in [0.25, 0.3) is 22.6 Å². The van der Waals surface area contributed by atoms with Crippen LogP contribution in [0.3, 0.4) is 0 Å². The van der Waals surface area contributed by atoms with Crippen molar-refractivity contribution >= 4 is 5.91 Å². The van der Waals surface area contributed by atoms with Crippen LogP contribution >= 0.6 is 0 Å². The lowest BCUT2D eigenvalue weighted by Crippen LogP contribution is -2.40. The predicted octanol–water partition coefficient (Wildman–Crippen LogP) is 2.78. The molecule has 0 fully saturated rings. The third kappa shape index (κ3) is 3.47. The Kier molecular flexibility index (Phi) is 4.59. The van der Waals surface area contributed by atoms with Crippen molar-refractivity contribution in [1.29, 1.82) is 0 Å². The predicted molar refractivity (Wildman–Crippen MR) is 112 cm³/mol. The number of fused-ring (bicyclic) bond motifs is 1. The monoisotopic (exact) mass is 399 g/mol. The molecule has 0 spiro atoms. The van der Waals surface area contributed by atoms with Gasteiger partial charge in [-0.2, -0.15) is 10.2 Å². The number of aromatic amines is 1. The molecule has 1 aromatic carbocycles. The molecule has 1 atom stereocenters. The Morgan fingerprint density at radius 1 is 1.23 bits per heavy atom. The van der Waals surface area contributed by atoms with E-state index in [2.05, 4.69) is 30.6 Å². The second-order valence-corrected chi connectivity index (χ2v) is 7.48. The van der Waals surface area contributed by atoms with Gasteiger partial charge in [0.2, 0.25) is 0 Å². The number of carbonyl (C=O) groups is 1. The van der Waals surface area contributed by atoms with Crippen LogP contribution in [0.2, 0.25) is 0 Å². The van der Waals surface area contributed by atoms with E-state index < -0.39 is 0 Å². The first-order valence-corrected chi connectivity index (χ1v) is 9.94. The molecule has 0 radical (unpaired) electrons. The van der Waals surface area contributed by atoms with Gasteiger partial charge in [-0.15, -0.1) is 0 Å². The van der Waals surface area contributed by atoms with Crippen molar-refractivity contribution in [2.24, 2.45) is 0 Å². The fraction of sp³-hybridized carbons (Fsp3) is 0.227. The second-order valence-electron chi connectivity index (χ2n) is 7.48. The summed E-state index contributed by atoms with van der Waals surface area (Å²) in [6.45, 7) is 2.71. The molecule has 1 unspecified atom stereocenters. The third-order valence-corrected chi connectivity index (χ3v) is 5.29. The number of hydrogen-bond acceptors (Lipinski definition) is 5. The molecule has 1 aliphatic rings. The summed E-state index contributed by atoms with van der Waals surface area (Å²) in [7, 11) is 0. The number of hydrogen-bond donors (Lipinski definition) is 2. The summed E-state index contributed by atoms with van der Waals surface area (Å²) in [5.41, 5.74) is 3.91. The molecule has 8 nitrogen and oxygen atoms in total. The minimum absolute atomic E-state index is 0.0144. The Morgan fingerprint density at radius 2 is 2.10 bits per heavy atom. The van der Waals surface area contributed by atoms with Crippen molar-refractivity contribution in [1.82, 2.24) is 35.3 Å². The number of aromatic nitrogens is 6. The minimum atomic E-state index is -0.188. The molecule has 4 aromatic rings. The molecule has 5 rings (SSSR count). The summed E-state index contributed by atoms with van der Waals surface area (Å²) >= 11 is 0. The van der Waals surface area contributed by atoms with Gasteiger partial charge in [0, 0.05) is 30.8 Å². The van der Waals surface area contributed by atoms with Gasteiger partial charge in [-0.1, -0.05) is 30.3 Å². The lowest BCUT2D eigenvalue weighted by molar-refractivity contribution is 0.0925. The molecule has 0 bridgehead atoms. The maximum Gasteiger partial charge on any atom is 0.270 e. The van der Waals surface area contributed by atoms with Gasteiger partial charge in [-0.3, -0.25) is 14.9 Å². The number of carbonyl (C=O) groups excluding carboxylic acids is 1. The van der Waals surface area contributed by atoms with Crippen LogP contribution in [-0.4, -0.2) is 41.9 Å². The van der Waals surface area contributed by atoms with Gasteiger partial charge >= 0.3 is 0 Å². The van der Waals surface area contributed by atoms with Crippen molar-refractivity contribution in [3.8, 4) is 22.6 Å². The summed E-state index contributed by atoms with van der Waals surface area (Å²) in [5, 5.41) is 14.6. The first kappa shape index (κ1) is 18.2. The highest BCUT2D eigenvalue weighted by molar-refractivity contribution is 5.98. The number of benzene rings is 1. The maximum absolute atomic E-state index is 12.9. The second kappa shape index (κ2) is 7.55. The number of pyridine rings is 1. The minimum Gasteiger partial charge on any atom is -0.347 e. The highest BCUT2D eigenvalue weighted by Gasteiger charge is 2.25. The van der Waals surface area contributed by atoms with E-state index in [1.807, 2.05) is 54.1 Å². The SMILES string of the molecule is Cc1ccnc(-c2cn[nH]c2C(=O)NC2CCn3nc(-c4ccccc4)nc3C2)c1. The average Bonchev–Trinajstić information content (AvgIpc) is 3.41. The Balaban J connectivity index is 1.32. The number of H-pyrrole nitrogens is 1. The molecule has 30 heavy (non-hydrogen) atoms. The zero-order valence-corrected chi connectivity index (χ0v) is 16.5. The van der Waals surface area contributed by atoms with Gasteiger partial charge in [-0.25, -0.2) is 9.67 Å². The molecule has 150 valence electrons. The molecule has 0 saturated heterocycles. The summed E-state index contributed by atoms with van der Waals surface area (Å²) < 4.78 is 1.93. The third-order valence-electron chi connectivity index (χ3n) is 5.29. The quantitative estimate of drug-likeness (QED) is 0.549. The maximum atomic E-state index is 12.9. The largest absolute Gasteiger partial charge is 0.347 e. The summed E-state index contributed by atoms with van der Waals surface area (Å²) in [6, 6.07) is 13.8. The van der Waals surface area contributed by atoms with Crippen LogP contribution in [0.4, 0.5) is 0 Å². The van der Waals surface area contributed by atoms with Crippen molar-refractivity contribution in [3.63, 3.8) is 0 Å². The van der Waals surface area contributed by atoms with Crippen molar-refractivity contribution in [2.75, 3.05) is 0 Å². The summed E-state index contributed by atoms with van der Waals surface area (Å²) in [5.74, 6) is 1.42. The molecular formula is C22H21N7O. The topological polar surface area (TPSA) is 101 Å². The molecule has 8 heteroatoms. The standard InChI is InChI=1S/C22H21N7O/c1-14-7-9-23-18(11-14)17-13-24-27-20(17)22(30)25-16-8-10-29-19(12-16)26-21(28-29)15-5-3-2-4-6-15/h2-7,9,11,13,16H,8,10,12H2,1H3,(H,24,27)(H,25,30). The van der Waals surface area contributed by atoms with Crippen LogP contribution in [0.15, 0.2) is 54.9 Å². The van der Waals surface area contributed by atoms with Crippen molar-refractivity contribution in [3.05, 3.63) is 71.9 Å².